The molecule has 2 unspecified atom stereocenters. The Morgan fingerprint density at radius 1 is 1.24 bits per heavy atom. The van der Waals surface area contributed by atoms with Crippen molar-refractivity contribution in [1.29, 1.82) is 0 Å². The third-order valence-corrected chi connectivity index (χ3v) is 3.81. The normalized spacial score (nSPS) is 21.4. The predicted molar refractivity (Wildman–Crippen MR) is 83.3 cm³/mol. The van der Waals surface area contributed by atoms with E-state index in [0.717, 1.165) is 36.8 Å². The molecule has 21 heavy (non-hydrogen) atoms. The standard InChI is InChI=1S/C17H21N3O/c1-3-14-11-16(19-12(2)18-14)20-15-9-10-21-17(15)13-7-5-4-6-8-13/h4-8,11,15,17H,3,9-10H2,1-2H3,(H,18,19,20). The molecule has 0 saturated carbocycles. The predicted octanol–water partition coefficient (Wildman–Crippen LogP) is 3.29. The van der Waals surface area contributed by atoms with Crippen LogP contribution in [-0.2, 0) is 11.2 Å². The Labute approximate surface area is 125 Å². The number of anilines is 1. The molecule has 1 aliphatic heterocycles. The van der Waals surface area contributed by atoms with E-state index in [1.807, 2.05) is 19.1 Å². The number of ether oxygens (including phenoxy) is 1. The number of hydrogen-bond acceptors (Lipinski definition) is 4. The number of rotatable bonds is 4. The van der Waals surface area contributed by atoms with E-state index in [4.69, 9.17) is 4.74 Å². The fraction of sp³-hybridized carbons (Fsp3) is 0.412. The highest BCUT2D eigenvalue weighted by Crippen LogP contribution is 2.31. The summed E-state index contributed by atoms with van der Waals surface area (Å²) in [6, 6.07) is 12.7. The first-order valence-electron chi connectivity index (χ1n) is 7.54. The van der Waals surface area contributed by atoms with Gasteiger partial charge in [-0.05, 0) is 25.3 Å². The van der Waals surface area contributed by atoms with Gasteiger partial charge in [0.15, 0.2) is 0 Å². The fourth-order valence-electron chi connectivity index (χ4n) is 2.78. The molecule has 2 heterocycles. The lowest BCUT2D eigenvalue weighted by Gasteiger charge is -2.21. The highest BCUT2D eigenvalue weighted by molar-refractivity contribution is 5.39. The van der Waals surface area contributed by atoms with E-state index < -0.39 is 0 Å². The molecule has 0 spiro atoms. The Kier molecular flexibility index (Phi) is 4.15. The van der Waals surface area contributed by atoms with Gasteiger partial charge in [0.1, 0.15) is 17.7 Å². The molecule has 0 radical (unpaired) electrons. The zero-order chi connectivity index (χ0) is 14.7. The van der Waals surface area contributed by atoms with Crippen molar-refractivity contribution in [3.63, 3.8) is 0 Å². The Balaban J connectivity index is 1.79. The van der Waals surface area contributed by atoms with Crippen LogP contribution >= 0.6 is 0 Å². The van der Waals surface area contributed by atoms with Gasteiger partial charge in [-0.15, -0.1) is 0 Å². The second-order valence-corrected chi connectivity index (χ2v) is 5.39. The number of hydrogen-bond donors (Lipinski definition) is 1. The molecule has 4 heteroatoms. The van der Waals surface area contributed by atoms with E-state index in [9.17, 15) is 0 Å². The average Bonchev–Trinajstić information content (AvgIpc) is 2.95. The number of benzene rings is 1. The van der Waals surface area contributed by atoms with Crippen LogP contribution in [0.15, 0.2) is 36.4 Å². The van der Waals surface area contributed by atoms with Gasteiger partial charge in [-0.25, -0.2) is 9.97 Å². The van der Waals surface area contributed by atoms with Crippen LogP contribution in [0.3, 0.4) is 0 Å². The molecule has 110 valence electrons. The van der Waals surface area contributed by atoms with Gasteiger partial charge in [0.05, 0.1) is 6.04 Å². The van der Waals surface area contributed by atoms with Crippen LogP contribution in [0.25, 0.3) is 0 Å². The number of nitrogens with one attached hydrogen (secondary N) is 1. The number of nitrogens with zero attached hydrogens (tertiary/aromatic N) is 2. The van der Waals surface area contributed by atoms with Crippen LogP contribution in [0.5, 0.6) is 0 Å². The van der Waals surface area contributed by atoms with Crippen molar-refractivity contribution in [3.8, 4) is 0 Å². The smallest absolute Gasteiger partial charge is 0.130 e. The molecule has 1 fully saturated rings. The lowest BCUT2D eigenvalue weighted by molar-refractivity contribution is 0.107. The van der Waals surface area contributed by atoms with E-state index in [2.05, 4.69) is 46.5 Å². The molecule has 1 saturated heterocycles. The molecule has 1 aromatic heterocycles. The summed E-state index contributed by atoms with van der Waals surface area (Å²) in [4.78, 5) is 8.92. The van der Waals surface area contributed by atoms with Crippen LogP contribution in [0.1, 0.15) is 36.5 Å². The number of aromatic nitrogens is 2. The lowest BCUT2D eigenvalue weighted by atomic mass is 10.0. The highest BCUT2D eigenvalue weighted by Gasteiger charge is 2.29. The van der Waals surface area contributed by atoms with E-state index in [1.165, 1.54) is 5.56 Å². The van der Waals surface area contributed by atoms with Gasteiger partial charge in [-0.3, -0.25) is 0 Å². The van der Waals surface area contributed by atoms with Gasteiger partial charge >= 0.3 is 0 Å². The second kappa shape index (κ2) is 6.22. The van der Waals surface area contributed by atoms with E-state index >= 15 is 0 Å². The molecule has 1 aromatic carbocycles. The first kappa shape index (κ1) is 14.0. The molecule has 1 N–H and O–H groups in total. The van der Waals surface area contributed by atoms with Gasteiger partial charge < -0.3 is 10.1 Å². The SMILES string of the molecule is CCc1cc(NC2CCOC2c2ccccc2)nc(C)n1. The second-order valence-electron chi connectivity index (χ2n) is 5.39. The summed E-state index contributed by atoms with van der Waals surface area (Å²) in [6.07, 6.45) is 2.00. The van der Waals surface area contributed by atoms with Gasteiger partial charge in [0.25, 0.3) is 0 Å². The largest absolute Gasteiger partial charge is 0.371 e. The fourth-order valence-corrected chi connectivity index (χ4v) is 2.78. The summed E-state index contributed by atoms with van der Waals surface area (Å²) in [5.41, 5.74) is 2.29. The maximum absolute atomic E-state index is 5.90. The first-order valence-corrected chi connectivity index (χ1v) is 7.54. The maximum Gasteiger partial charge on any atom is 0.130 e. The third kappa shape index (κ3) is 3.22. The molecule has 0 aliphatic carbocycles. The third-order valence-electron chi connectivity index (χ3n) is 3.81. The number of aryl methyl sites for hydroxylation is 2. The Morgan fingerprint density at radius 2 is 2.05 bits per heavy atom. The van der Waals surface area contributed by atoms with Gasteiger partial charge in [0, 0.05) is 18.4 Å². The zero-order valence-electron chi connectivity index (χ0n) is 12.5. The summed E-state index contributed by atoms with van der Waals surface area (Å²) in [5, 5.41) is 3.53. The highest BCUT2D eigenvalue weighted by atomic mass is 16.5. The minimum absolute atomic E-state index is 0.0894. The van der Waals surface area contributed by atoms with Crippen molar-refractivity contribution in [1.82, 2.24) is 9.97 Å². The topological polar surface area (TPSA) is 47.0 Å². The van der Waals surface area contributed by atoms with Crippen LogP contribution in [-0.4, -0.2) is 22.6 Å². The van der Waals surface area contributed by atoms with Crippen molar-refractivity contribution >= 4 is 5.82 Å². The molecule has 2 atom stereocenters. The molecule has 0 amide bonds. The Hall–Kier alpha value is -1.94. The van der Waals surface area contributed by atoms with Crippen molar-refractivity contribution < 1.29 is 4.74 Å². The van der Waals surface area contributed by atoms with Gasteiger partial charge in [0.2, 0.25) is 0 Å². The molecule has 4 nitrogen and oxygen atoms in total. The van der Waals surface area contributed by atoms with Gasteiger partial charge in [-0.2, -0.15) is 0 Å². The van der Waals surface area contributed by atoms with Crippen LogP contribution in [0.2, 0.25) is 0 Å². The summed E-state index contributed by atoms with van der Waals surface area (Å²) in [6.45, 7) is 4.82. The zero-order valence-corrected chi connectivity index (χ0v) is 12.5. The molecular weight excluding hydrogens is 262 g/mol. The van der Waals surface area contributed by atoms with Crippen molar-refractivity contribution in [3.05, 3.63) is 53.5 Å². The minimum atomic E-state index is 0.0894. The quantitative estimate of drug-likeness (QED) is 0.935. The maximum atomic E-state index is 5.90. The molecule has 3 rings (SSSR count). The van der Waals surface area contributed by atoms with Crippen molar-refractivity contribution in [2.45, 2.75) is 38.8 Å². The Bertz CT molecular complexity index is 600. The van der Waals surface area contributed by atoms with Crippen molar-refractivity contribution in [2.75, 3.05) is 11.9 Å². The lowest BCUT2D eigenvalue weighted by Crippen LogP contribution is -2.24. The van der Waals surface area contributed by atoms with Gasteiger partial charge in [-0.1, -0.05) is 37.3 Å². The van der Waals surface area contributed by atoms with E-state index in [-0.39, 0.29) is 12.1 Å². The van der Waals surface area contributed by atoms with Crippen molar-refractivity contribution in [2.24, 2.45) is 0 Å². The summed E-state index contributed by atoms with van der Waals surface area (Å²) in [5.74, 6) is 1.71. The first-order chi connectivity index (χ1) is 10.3. The van der Waals surface area contributed by atoms with Crippen LogP contribution < -0.4 is 5.32 Å². The molecule has 1 aliphatic rings. The monoisotopic (exact) mass is 283 g/mol. The van der Waals surface area contributed by atoms with E-state index in [0.29, 0.717) is 0 Å². The average molecular weight is 283 g/mol. The summed E-state index contributed by atoms with van der Waals surface area (Å²) >= 11 is 0. The van der Waals surface area contributed by atoms with E-state index in [1.54, 1.807) is 0 Å². The minimum Gasteiger partial charge on any atom is -0.371 e. The van der Waals surface area contributed by atoms with Crippen LogP contribution in [0.4, 0.5) is 5.82 Å². The Morgan fingerprint density at radius 3 is 2.81 bits per heavy atom. The summed E-state index contributed by atoms with van der Waals surface area (Å²) < 4.78 is 5.90. The molecular formula is C17H21N3O. The van der Waals surface area contributed by atoms with Crippen LogP contribution in [0, 0.1) is 6.92 Å². The molecule has 2 aromatic rings. The molecule has 0 bridgehead atoms. The summed E-state index contributed by atoms with van der Waals surface area (Å²) in [7, 11) is 0.